The molecule has 0 radical (unpaired) electrons. The number of rotatable bonds is 7. The van der Waals surface area contributed by atoms with Crippen LogP contribution in [-0.4, -0.2) is 12.5 Å². The highest BCUT2D eigenvalue weighted by Crippen LogP contribution is 2.18. The molecule has 0 fully saturated rings. The van der Waals surface area contributed by atoms with Crippen molar-refractivity contribution in [3.05, 3.63) is 78.4 Å². The molecule has 2 rings (SSSR count). The van der Waals surface area contributed by atoms with Crippen LogP contribution in [0.1, 0.15) is 24.1 Å². The summed E-state index contributed by atoms with van der Waals surface area (Å²) in [5.41, 5.74) is 2.10. The third-order valence-corrected chi connectivity index (χ3v) is 3.37. The third-order valence-electron chi connectivity index (χ3n) is 3.37. The molecule has 1 unspecified atom stereocenters. The van der Waals surface area contributed by atoms with E-state index in [0.717, 1.165) is 23.3 Å². The Morgan fingerprint density at radius 2 is 1.86 bits per heavy atom. The number of hydrogen-bond donors (Lipinski definition) is 1. The average molecular weight is 295 g/mol. The molecule has 0 aliphatic carbocycles. The zero-order chi connectivity index (χ0) is 15.8. The summed E-state index contributed by atoms with van der Waals surface area (Å²) in [5.74, 6) is 0.592. The standard InChI is InChI=1S/C19H21NO2/c1-3-9-17-12-7-8-13-18(17)22-14-19(21)20-15(2)16-10-5-4-6-11-16/h3-8,10-13,15H,1,9,14H2,2H3,(H,20,21). The van der Waals surface area contributed by atoms with Crippen LogP contribution < -0.4 is 10.1 Å². The van der Waals surface area contributed by atoms with E-state index in [1.54, 1.807) is 0 Å². The van der Waals surface area contributed by atoms with Gasteiger partial charge in [0, 0.05) is 0 Å². The number of carbonyl (C=O) groups is 1. The molecule has 3 heteroatoms. The molecule has 0 saturated heterocycles. The van der Waals surface area contributed by atoms with Crippen LogP contribution >= 0.6 is 0 Å². The molecule has 1 atom stereocenters. The van der Waals surface area contributed by atoms with Gasteiger partial charge < -0.3 is 10.1 Å². The van der Waals surface area contributed by atoms with Gasteiger partial charge in [0.25, 0.3) is 5.91 Å². The number of nitrogens with one attached hydrogen (secondary N) is 1. The first-order valence-electron chi connectivity index (χ1n) is 7.36. The van der Waals surface area contributed by atoms with Crippen LogP contribution in [0.15, 0.2) is 67.3 Å². The number of benzene rings is 2. The molecule has 0 heterocycles. The number of carbonyl (C=O) groups excluding carboxylic acids is 1. The summed E-state index contributed by atoms with van der Waals surface area (Å²) in [4.78, 5) is 12.0. The molecule has 22 heavy (non-hydrogen) atoms. The van der Waals surface area contributed by atoms with E-state index in [0.29, 0.717) is 0 Å². The van der Waals surface area contributed by atoms with Crippen LogP contribution in [0, 0.1) is 0 Å². The lowest BCUT2D eigenvalue weighted by molar-refractivity contribution is -0.123. The van der Waals surface area contributed by atoms with Gasteiger partial charge in [0.15, 0.2) is 6.61 Å². The summed E-state index contributed by atoms with van der Waals surface area (Å²) < 4.78 is 5.63. The Labute approximate surface area is 131 Å². The smallest absolute Gasteiger partial charge is 0.258 e. The first-order chi connectivity index (χ1) is 10.7. The minimum Gasteiger partial charge on any atom is -0.483 e. The molecule has 0 aliphatic rings. The summed E-state index contributed by atoms with van der Waals surface area (Å²) >= 11 is 0. The lowest BCUT2D eigenvalue weighted by atomic mass is 10.1. The van der Waals surface area contributed by atoms with Gasteiger partial charge in [-0.3, -0.25) is 4.79 Å². The fraction of sp³-hybridized carbons (Fsp3) is 0.211. The Morgan fingerprint density at radius 1 is 1.18 bits per heavy atom. The van der Waals surface area contributed by atoms with E-state index >= 15 is 0 Å². The Morgan fingerprint density at radius 3 is 2.59 bits per heavy atom. The van der Waals surface area contributed by atoms with Crippen molar-refractivity contribution in [3.8, 4) is 5.75 Å². The van der Waals surface area contributed by atoms with Crippen molar-refractivity contribution in [1.29, 1.82) is 0 Å². The SMILES string of the molecule is C=CCc1ccccc1OCC(=O)NC(C)c1ccccc1. The number of ether oxygens (including phenoxy) is 1. The quantitative estimate of drug-likeness (QED) is 0.791. The predicted molar refractivity (Wildman–Crippen MR) is 88.8 cm³/mol. The average Bonchev–Trinajstić information content (AvgIpc) is 2.55. The van der Waals surface area contributed by atoms with Gasteiger partial charge in [-0.1, -0.05) is 54.6 Å². The molecule has 1 amide bonds. The van der Waals surface area contributed by atoms with E-state index in [9.17, 15) is 4.79 Å². The number of hydrogen-bond acceptors (Lipinski definition) is 2. The molecule has 1 N–H and O–H groups in total. The minimum atomic E-state index is -0.134. The number of amides is 1. The lowest BCUT2D eigenvalue weighted by Crippen LogP contribution is -2.31. The molecule has 0 aromatic heterocycles. The first-order valence-corrected chi connectivity index (χ1v) is 7.36. The summed E-state index contributed by atoms with van der Waals surface area (Å²) in [7, 11) is 0. The molecule has 0 saturated carbocycles. The van der Waals surface area contributed by atoms with Gasteiger partial charge in [0.2, 0.25) is 0 Å². The molecule has 0 aliphatic heterocycles. The van der Waals surface area contributed by atoms with Crippen molar-refractivity contribution in [2.24, 2.45) is 0 Å². The zero-order valence-corrected chi connectivity index (χ0v) is 12.8. The van der Waals surface area contributed by atoms with Crippen molar-refractivity contribution >= 4 is 5.91 Å². The van der Waals surface area contributed by atoms with Crippen molar-refractivity contribution in [2.75, 3.05) is 6.61 Å². The number of allylic oxidation sites excluding steroid dienone is 1. The molecular formula is C19H21NO2. The van der Waals surface area contributed by atoms with Gasteiger partial charge in [-0.25, -0.2) is 0 Å². The Kier molecular flexibility index (Phi) is 5.78. The van der Waals surface area contributed by atoms with Gasteiger partial charge in [-0.15, -0.1) is 6.58 Å². The second kappa shape index (κ2) is 8.03. The summed E-state index contributed by atoms with van der Waals surface area (Å²) in [6.45, 7) is 5.69. The van der Waals surface area contributed by atoms with Crippen LogP contribution in [0.2, 0.25) is 0 Å². The fourth-order valence-electron chi connectivity index (χ4n) is 2.22. The molecule has 0 bridgehead atoms. The van der Waals surface area contributed by atoms with Crippen molar-refractivity contribution in [1.82, 2.24) is 5.32 Å². The highest BCUT2D eigenvalue weighted by Gasteiger charge is 2.10. The van der Waals surface area contributed by atoms with Gasteiger partial charge in [-0.05, 0) is 30.5 Å². The zero-order valence-electron chi connectivity index (χ0n) is 12.8. The normalized spacial score (nSPS) is 11.5. The van der Waals surface area contributed by atoms with E-state index in [4.69, 9.17) is 4.74 Å². The Bertz CT molecular complexity index is 622. The summed E-state index contributed by atoms with van der Waals surface area (Å²) in [5, 5.41) is 2.93. The van der Waals surface area contributed by atoms with Gasteiger partial charge in [-0.2, -0.15) is 0 Å². The van der Waals surface area contributed by atoms with Crippen molar-refractivity contribution in [2.45, 2.75) is 19.4 Å². The van der Waals surface area contributed by atoms with Crippen LogP contribution in [0.5, 0.6) is 5.75 Å². The molecule has 2 aromatic rings. The second-order valence-electron chi connectivity index (χ2n) is 5.09. The molecule has 2 aromatic carbocycles. The maximum Gasteiger partial charge on any atom is 0.258 e. The fourth-order valence-corrected chi connectivity index (χ4v) is 2.22. The number of para-hydroxylation sites is 1. The van der Waals surface area contributed by atoms with Gasteiger partial charge in [0.05, 0.1) is 6.04 Å². The lowest BCUT2D eigenvalue weighted by Gasteiger charge is -2.15. The van der Waals surface area contributed by atoms with Crippen molar-refractivity contribution < 1.29 is 9.53 Å². The minimum absolute atomic E-state index is 0.00529. The highest BCUT2D eigenvalue weighted by atomic mass is 16.5. The predicted octanol–water partition coefficient (Wildman–Crippen LogP) is 3.67. The molecule has 114 valence electrons. The van der Waals surface area contributed by atoms with Crippen LogP contribution in [0.3, 0.4) is 0 Å². The topological polar surface area (TPSA) is 38.3 Å². The maximum atomic E-state index is 12.0. The maximum absolute atomic E-state index is 12.0. The Balaban J connectivity index is 1.89. The first kappa shape index (κ1) is 15.8. The highest BCUT2D eigenvalue weighted by molar-refractivity contribution is 5.78. The summed E-state index contributed by atoms with van der Waals surface area (Å²) in [6.07, 6.45) is 2.54. The molecule has 0 spiro atoms. The van der Waals surface area contributed by atoms with E-state index in [2.05, 4.69) is 11.9 Å². The van der Waals surface area contributed by atoms with Crippen molar-refractivity contribution in [3.63, 3.8) is 0 Å². The molecular weight excluding hydrogens is 274 g/mol. The third kappa shape index (κ3) is 4.48. The Hall–Kier alpha value is -2.55. The van der Waals surface area contributed by atoms with E-state index in [-0.39, 0.29) is 18.6 Å². The van der Waals surface area contributed by atoms with Crippen LogP contribution in [-0.2, 0) is 11.2 Å². The van der Waals surface area contributed by atoms with Crippen LogP contribution in [0.25, 0.3) is 0 Å². The van der Waals surface area contributed by atoms with E-state index < -0.39 is 0 Å². The second-order valence-corrected chi connectivity index (χ2v) is 5.09. The van der Waals surface area contributed by atoms with E-state index in [1.165, 1.54) is 0 Å². The largest absolute Gasteiger partial charge is 0.483 e. The monoisotopic (exact) mass is 295 g/mol. The van der Waals surface area contributed by atoms with Gasteiger partial charge >= 0.3 is 0 Å². The summed E-state index contributed by atoms with van der Waals surface area (Å²) in [6, 6.07) is 17.5. The van der Waals surface area contributed by atoms with Crippen LogP contribution in [0.4, 0.5) is 0 Å². The molecule has 3 nitrogen and oxygen atoms in total. The van der Waals surface area contributed by atoms with Gasteiger partial charge in [0.1, 0.15) is 5.75 Å². The van der Waals surface area contributed by atoms with E-state index in [1.807, 2.05) is 67.6 Å².